The quantitative estimate of drug-likeness (QED) is 0.630. The molecule has 134 valence electrons. The van der Waals surface area contributed by atoms with E-state index in [1.165, 1.54) is 62.5 Å². The molecular formula is C23H31NO. The maximum atomic E-state index is 9.41. The van der Waals surface area contributed by atoms with Crippen molar-refractivity contribution in [1.82, 2.24) is 5.32 Å². The lowest BCUT2D eigenvalue weighted by Crippen LogP contribution is -2.33. The molecule has 1 aliphatic carbocycles. The van der Waals surface area contributed by atoms with Gasteiger partial charge in [-0.05, 0) is 80.7 Å². The Labute approximate surface area is 152 Å². The van der Waals surface area contributed by atoms with Crippen LogP contribution in [-0.4, -0.2) is 17.7 Å². The van der Waals surface area contributed by atoms with Crippen LogP contribution in [0.5, 0.6) is 5.75 Å². The van der Waals surface area contributed by atoms with Gasteiger partial charge in [0.25, 0.3) is 0 Å². The molecule has 0 spiro atoms. The molecule has 0 radical (unpaired) electrons. The van der Waals surface area contributed by atoms with Crippen molar-refractivity contribution in [2.75, 3.05) is 6.54 Å². The van der Waals surface area contributed by atoms with E-state index < -0.39 is 0 Å². The van der Waals surface area contributed by atoms with Crippen molar-refractivity contribution in [1.29, 1.82) is 0 Å². The Morgan fingerprint density at radius 2 is 1.52 bits per heavy atom. The summed E-state index contributed by atoms with van der Waals surface area (Å²) in [6, 6.07) is 19.3. The fraction of sp³-hybridized carbons (Fsp3) is 0.478. The van der Waals surface area contributed by atoms with E-state index in [4.69, 9.17) is 0 Å². The summed E-state index contributed by atoms with van der Waals surface area (Å²) in [5, 5.41) is 13.2. The molecule has 0 bridgehead atoms. The molecule has 2 N–H and O–H groups in total. The van der Waals surface area contributed by atoms with E-state index in [0.29, 0.717) is 17.7 Å². The second-order valence-corrected chi connectivity index (χ2v) is 7.39. The van der Waals surface area contributed by atoms with E-state index in [0.717, 1.165) is 6.54 Å². The third-order valence-electron chi connectivity index (χ3n) is 5.51. The van der Waals surface area contributed by atoms with Gasteiger partial charge in [0.05, 0.1) is 0 Å². The number of hydrogen-bond donors (Lipinski definition) is 2. The minimum absolute atomic E-state index is 0.367. The number of unbranched alkanes of at least 4 members (excludes halogenated alkanes) is 2. The predicted molar refractivity (Wildman–Crippen MR) is 105 cm³/mol. The summed E-state index contributed by atoms with van der Waals surface area (Å²) in [6.45, 7) is 1.16. The van der Waals surface area contributed by atoms with Crippen LogP contribution in [0.3, 0.4) is 0 Å². The third kappa shape index (κ3) is 5.89. The Bertz CT molecular complexity index is 600. The lowest BCUT2D eigenvalue weighted by Gasteiger charge is -2.29. The largest absolute Gasteiger partial charge is 0.508 e. The Morgan fingerprint density at radius 1 is 0.800 bits per heavy atom. The third-order valence-corrected chi connectivity index (χ3v) is 5.51. The summed E-state index contributed by atoms with van der Waals surface area (Å²) >= 11 is 0. The second kappa shape index (κ2) is 9.62. The summed E-state index contributed by atoms with van der Waals surface area (Å²) in [6.07, 6.45) is 10.2. The molecule has 1 saturated carbocycles. The number of aromatic hydroxyl groups is 1. The summed E-state index contributed by atoms with van der Waals surface area (Å²) in [4.78, 5) is 0. The molecule has 1 aliphatic rings. The zero-order valence-corrected chi connectivity index (χ0v) is 15.2. The van der Waals surface area contributed by atoms with Crippen molar-refractivity contribution in [3.63, 3.8) is 0 Å². The number of hydrogen-bond acceptors (Lipinski definition) is 2. The topological polar surface area (TPSA) is 32.3 Å². The molecule has 0 unspecified atom stereocenters. The standard InChI is InChI=1S/C23H31NO/c25-23-16-12-21(13-17-23)20-10-14-22(15-11-20)24-18-6-2-5-9-19-7-3-1-4-8-19/h1,3-4,7-8,12-13,16-17,20,22,24-25H,2,5-6,9-11,14-15,18H2. The highest BCUT2D eigenvalue weighted by molar-refractivity contribution is 5.28. The molecule has 0 aromatic heterocycles. The SMILES string of the molecule is Oc1ccc(C2CCC(NCCCCCc3ccccc3)CC2)cc1. The summed E-state index contributed by atoms with van der Waals surface area (Å²) in [7, 11) is 0. The first-order valence-corrected chi connectivity index (χ1v) is 9.87. The van der Waals surface area contributed by atoms with Gasteiger partial charge in [0.1, 0.15) is 5.75 Å². The van der Waals surface area contributed by atoms with Crippen molar-refractivity contribution in [3.8, 4) is 5.75 Å². The van der Waals surface area contributed by atoms with E-state index in [1.807, 2.05) is 12.1 Å². The van der Waals surface area contributed by atoms with E-state index in [-0.39, 0.29) is 0 Å². The van der Waals surface area contributed by atoms with Crippen LogP contribution >= 0.6 is 0 Å². The number of rotatable bonds is 8. The average molecular weight is 338 g/mol. The highest BCUT2D eigenvalue weighted by Crippen LogP contribution is 2.33. The number of benzene rings is 2. The molecule has 0 atom stereocenters. The van der Waals surface area contributed by atoms with Gasteiger partial charge in [-0.3, -0.25) is 0 Å². The number of nitrogens with one attached hydrogen (secondary N) is 1. The van der Waals surface area contributed by atoms with Gasteiger partial charge in [-0.1, -0.05) is 48.9 Å². The van der Waals surface area contributed by atoms with Gasteiger partial charge < -0.3 is 10.4 Å². The highest BCUT2D eigenvalue weighted by atomic mass is 16.3. The van der Waals surface area contributed by atoms with Crippen molar-refractivity contribution in [2.24, 2.45) is 0 Å². The van der Waals surface area contributed by atoms with Crippen LogP contribution in [0.15, 0.2) is 54.6 Å². The molecule has 2 nitrogen and oxygen atoms in total. The van der Waals surface area contributed by atoms with Crippen LogP contribution in [0.1, 0.15) is 62.0 Å². The van der Waals surface area contributed by atoms with Crippen molar-refractivity contribution in [3.05, 3.63) is 65.7 Å². The predicted octanol–water partition coefficient (Wildman–Crippen LogP) is 5.42. The normalized spacial score (nSPS) is 20.5. The van der Waals surface area contributed by atoms with Gasteiger partial charge >= 0.3 is 0 Å². The second-order valence-electron chi connectivity index (χ2n) is 7.39. The van der Waals surface area contributed by atoms with E-state index in [2.05, 4.69) is 47.8 Å². The molecule has 25 heavy (non-hydrogen) atoms. The van der Waals surface area contributed by atoms with Gasteiger partial charge in [-0.15, -0.1) is 0 Å². The van der Waals surface area contributed by atoms with Crippen LogP contribution in [0.2, 0.25) is 0 Å². The lowest BCUT2D eigenvalue weighted by atomic mass is 9.82. The van der Waals surface area contributed by atoms with Crippen LogP contribution in [0.25, 0.3) is 0 Å². The number of aryl methyl sites for hydroxylation is 1. The number of phenols is 1. The van der Waals surface area contributed by atoms with Crippen molar-refractivity contribution < 1.29 is 5.11 Å². The van der Waals surface area contributed by atoms with Crippen LogP contribution in [-0.2, 0) is 6.42 Å². The Kier molecular flexibility index (Phi) is 6.93. The van der Waals surface area contributed by atoms with Crippen LogP contribution < -0.4 is 5.32 Å². The van der Waals surface area contributed by atoms with Gasteiger partial charge in [0, 0.05) is 6.04 Å². The van der Waals surface area contributed by atoms with Gasteiger partial charge in [-0.2, -0.15) is 0 Å². The number of phenolic OH excluding ortho intramolecular Hbond substituents is 1. The summed E-state index contributed by atoms with van der Waals surface area (Å²) in [5.74, 6) is 1.04. The molecule has 0 saturated heterocycles. The molecule has 0 amide bonds. The molecule has 1 fully saturated rings. The van der Waals surface area contributed by atoms with E-state index in [9.17, 15) is 5.11 Å². The van der Waals surface area contributed by atoms with Gasteiger partial charge in [-0.25, -0.2) is 0 Å². The van der Waals surface area contributed by atoms with Crippen LogP contribution in [0, 0.1) is 0 Å². The molecule has 2 aromatic rings. The minimum atomic E-state index is 0.367. The Balaban J connectivity index is 1.26. The van der Waals surface area contributed by atoms with Crippen molar-refractivity contribution in [2.45, 2.75) is 63.3 Å². The first-order chi connectivity index (χ1) is 12.3. The van der Waals surface area contributed by atoms with Crippen LogP contribution in [0.4, 0.5) is 0 Å². The minimum Gasteiger partial charge on any atom is -0.508 e. The monoisotopic (exact) mass is 337 g/mol. The molecule has 2 heteroatoms. The molecule has 0 heterocycles. The lowest BCUT2D eigenvalue weighted by molar-refractivity contribution is 0.340. The molecule has 0 aliphatic heterocycles. The van der Waals surface area contributed by atoms with Crippen molar-refractivity contribution >= 4 is 0 Å². The zero-order valence-electron chi connectivity index (χ0n) is 15.2. The maximum Gasteiger partial charge on any atom is 0.115 e. The molecule has 2 aromatic carbocycles. The fourth-order valence-corrected chi connectivity index (χ4v) is 3.96. The smallest absolute Gasteiger partial charge is 0.115 e. The molecular weight excluding hydrogens is 306 g/mol. The molecule has 3 rings (SSSR count). The Hall–Kier alpha value is -1.80. The Morgan fingerprint density at radius 3 is 2.24 bits per heavy atom. The van der Waals surface area contributed by atoms with E-state index in [1.54, 1.807) is 0 Å². The summed E-state index contributed by atoms with van der Waals surface area (Å²) < 4.78 is 0. The summed E-state index contributed by atoms with van der Waals surface area (Å²) in [5.41, 5.74) is 2.85. The van der Waals surface area contributed by atoms with Gasteiger partial charge in [0.2, 0.25) is 0 Å². The maximum absolute atomic E-state index is 9.41. The first kappa shape index (κ1) is 18.0. The fourth-order valence-electron chi connectivity index (χ4n) is 3.96. The first-order valence-electron chi connectivity index (χ1n) is 9.87. The average Bonchev–Trinajstić information content (AvgIpc) is 2.67. The highest BCUT2D eigenvalue weighted by Gasteiger charge is 2.21. The zero-order chi connectivity index (χ0) is 17.3. The van der Waals surface area contributed by atoms with E-state index >= 15 is 0 Å². The van der Waals surface area contributed by atoms with Gasteiger partial charge in [0.15, 0.2) is 0 Å².